The first-order valence-corrected chi connectivity index (χ1v) is 8.28. The number of esters is 2. The molecule has 2 aromatic carbocycles. The molecule has 0 N–H and O–H groups in total. The van der Waals surface area contributed by atoms with Crippen molar-refractivity contribution in [2.24, 2.45) is 0 Å². The van der Waals surface area contributed by atoms with Crippen LogP contribution < -0.4 is 0 Å². The second-order valence-corrected chi connectivity index (χ2v) is 6.98. The van der Waals surface area contributed by atoms with E-state index in [0.717, 1.165) is 0 Å². The average molecular weight is 352 g/mol. The van der Waals surface area contributed by atoms with E-state index < -0.39 is 34.3 Å². The number of carbonyl (C=O) groups is 4. The van der Waals surface area contributed by atoms with Crippen molar-refractivity contribution >= 4 is 34.3 Å². The van der Waals surface area contributed by atoms with Gasteiger partial charge in [-0.25, -0.2) is 13.8 Å². The molecule has 0 spiro atoms. The van der Waals surface area contributed by atoms with E-state index in [-0.39, 0.29) is 32.7 Å². The van der Waals surface area contributed by atoms with Gasteiger partial charge in [0, 0.05) is 20.9 Å². The van der Waals surface area contributed by atoms with Crippen LogP contribution in [0.1, 0.15) is 41.4 Å². The van der Waals surface area contributed by atoms with E-state index >= 15 is 0 Å². The number of ketones is 2. The minimum Gasteiger partial charge on any atom is -0.386 e. The zero-order chi connectivity index (χ0) is 17.9. The molecule has 0 aromatic heterocycles. The van der Waals surface area contributed by atoms with Crippen molar-refractivity contribution in [2.45, 2.75) is 9.79 Å². The highest BCUT2D eigenvalue weighted by molar-refractivity contribution is 7.85. The van der Waals surface area contributed by atoms with Crippen LogP contribution >= 0.6 is 0 Å². The van der Waals surface area contributed by atoms with E-state index in [4.69, 9.17) is 0 Å². The number of benzene rings is 2. The van der Waals surface area contributed by atoms with E-state index in [1.807, 2.05) is 0 Å². The van der Waals surface area contributed by atoms with Gasteiger partial charge in [0.25, 0.3) is 0 Å². The third kappa shape index (κ3) is 2.13. The summed E-state index contributed by atoms with van der Waals surface area (Å²) < 4.78 is 17.3. The zero-order valence-electron chi connectivity index (χ0n) is 12.5. The summed E-state index contributed by atoms with van der Waals surface area (Å²) in [6, 6.07) is 8.47. The maximum absolute atomic E-state index is 12.8. The molecule has 1 heterocycles. The smallest absolute Gasteiger partial charge is 0.346 e. The van der Waals surface area contributed by atoms with Crippen molar-refractivity contribution in [1.29, 1.82) is 0 Å². The number of Topliss-reactive ketones (excluding diaryl/α,β-unsaturated/α-hetero) is 2. The molecule has 1 atom stereocenters. The fraction of sp³-hybridized carbons (Fsp3) is 0. The molecular formula is C18H8O6S. The average Bonchev–Trinajstić information content (AvgIpc) is 3.02. The molecule has 4 rings (SSSR count). The van der Waals surface area contributed by atoms with Crippen LogP contribution in [0.3, 0.4) is 0 Å². The summed E-state index contributed by atoms with van der Waals surface area (Å²) in [6.07, 6.45) is 0. The summed E-state index contributed by atoms with van der Waals surface area (Å²) in [4.78, 5) is 47.6. The lowest BCUT2D eigenvalue weighted by atomic mass is 10.1. The van der Waals surface area contributed by atoms with Gasteiger partial charge in [0.05, 0.1) is 27.5 Å². The summed E-state index contributed by atoms with van der Waals surface area (Å²) in [5.74, 6) is -2.44. The van der Waals surface area contributed by atoms with Gasteiger partial charge in [0.2, 0.25) is 0 Å². The van der Waals surface area contributed by atoms with Crippen molar-refractivity contribution in [3.8, 4) is 0 Å². The Hall–Kier alpha value is -3.19. The predicted molar refractivity (Wildman–Crippen MR) is 85.1 cm³/mol. The van der Waals surface area contributed by atoms with Crippen LogP contribution in [0.15, 0.2) is 58.3 Å². The van der Waals surface area contributed by atoms with Gasteiger partial charge in [0.15, 0.2) is 11.6 Å². The van der Waals surface area contributed by atoms with Gasteiger partial charge in [0.1, 0.15) is 0 Å². The second-order valence-electron chi connectivity index (χ2n) is 5.50. The molecule has 25 heavy (non-hydrogen) atoms. The molecule has 2 aliphatic rings. The van der Waals surface area contributed by atoms with Crippen LogP contribution in [-0.2, 0) is 15.5 Å². The third-order valence-electron chi connectivity index (χ3n) is 4.07. The monoisotopic (exact) mass is 352 g/mol. The number of fused-ring (bicyclic) bond motifs is 2. The fourth-order valence-corrected chi connectivity index (χ4v) is 3.87. The number of hydrogen-bond acceptors (Lipinski definition) is 6. The Kier molecular flexibility index (Phi) is 3.16. The van der Waals surface area contributed by atoms with Crippen molar-refractivity contribution in [2.75, 3.05) is 0 Å². The van der Waals surface area contributed by atoms with Gasteiger partial charge < -0.3 is 4.74 Å². The highest BCUT2D eigenvalue weighted by Gasteiger charge is 2.33. The molecule has 1 unspecified atom stereocenters. The zero-order valence-corrected chi connectivity index (χ0v) is 13.3. The summed E-state index contributed by atoms with van der Waals surface area (Å²) in [5.41, 5.74) is 0.459. The molecule has 2 aromatic rings. The first kappa shape index (κ1) is 15.3. The lowest BCUT2D eigenvalue weighted by molar-refractivity contribution is 0.0443. The van der Waals surface area contributed by atoms with Gasteiger partial charge in [-0.1, -0.05) is 6.58 Å². The molecule has 1 aliphatic heterocycles. The predicted octanol–water partition coefficient (Wildman–Crippen LogP) is 2.10. The molecule has 0 saturated heterocycles. The number of ether oxygens (including phenoxy) is 1. The number of allylic oxidation sites excluding steroid dienone is 1. The maximum atomic E-state index is 12.8. The van der Waals surface area contributed by atoms with Crippen LogP contribution in [0.4, 0.5) is 0 Å². The third-order valence-corrected chi connectivity index (χ3v) is 5.44. The molecule has 0 fully saturated rings. The van der Waals surface area contributed by atoms with Crippen LogP contribution in [0.2, 0.25) is 0 Å². The van der Waals surface area contributed by atoms with E-state index in [1.165, 1.54) is 36.4 Å². The van der Waals surface area contributed by atoms with Crippen molar-refractivity contribution in [3.05, 3.63) is 70.8 Å². The largest absolute Gasteiger partial charge is 0.386 e. The van der Waals surface area contributed by atoms with E-state index in [9.17, 15) is 23.4 Å². The Morgan fingerprint density at radius 1 is 0.720 bits per heavy atom. The van der Waals surface area contributed by atoms with Gasteiger partial charge >= 0.3 is 11.9 Å². The summed E-state index contributed by atoms with van der Waals surface area (Å²) in [7, 11) is -1.71. The highest BCUT2D eigenvalue weighted by Crippen LogP contribution is 2.30. The van der Waals surface area contributed by atoms with Crippen molar-refractivity contribution in [3.63, 3.8) is 0 Å². The first-order chi connectivity index (χ1) is 11.9. The molecule has 0 saturated carbocycles. The van der Waals surface area contributed by atoms with Crippen LogP contribution in [0, 0.1) is 0 Å². The number of hydrogen-bond donors (Lipinski definition) is 0. The van der Waals surface area contributed by atoms with Gasteiger partial charge in [-0.15, -0.1) is 0 Å². The topological polar surface area (TPSA) is 94.6 Å². The van der Waals surface area contributed by atoms with Gasteiger partial charge in [-0.05, 0) is 36.4 Å². The van der Waals surface area contributed by atoms with Crippen molar-refractivity contribution < 1.29 is 28.1 Å². The molecule has 1 aliphatic carbocycles. The Morgan fingerprint density at radius 2 is 1.24 bits per heavy atom. The standard InChI is InChI=1S/C18H8O6S/c1-8-15(19)11-4-2-9(6-13(11)16(8)20)25(23)10-3-5-12-14(7-10)18(22)24-17(12)21/h2-7H,1H2. The molecule has 7 heteroatoms. The molecular weight excluding hydrogens is 344 g/mol. The van der Waals surface area contributed by atoms with E-state index in [1.54, 1.807) is 0 Å². The van der Waals surface area contributed by atoms with Crippen LogP contribution in [0.5, 0.6) is 0 Å². The molecule has 0 radical (unpaired) electrons. The molecule has 0 amide bonds. The van der Waals surface area contributed by atoms with E-state index in [2.05, 4.69) is 11.3 Å². The highest BCUT2D eigenvalue weighted by atomic mass is 32.2. The SMILES string of the molecule is C=C1C(=O)c2ccc(S(=O)c3ccc4c(c3)C(=O)OC4=O)cc2C1=O. The number of carbonyl (C=O) groups excluding carboxylic acids is 4. The minimum atomic E-state index is -1.71. The second kappa shape index (κ2) is 5.15. The van der Waals surface area contributed by atoms with E-state index in [0.29, 0.717) is 4.90 Å². The van der Waals surface area contributed by atoms with Crippen LogP contribution in [0.25, 0.3) is 0 Å². The normalized spacial score (nSPS) is 16.7. The lowest BCUT2D eigenvalue weighted by Gasteiger charge is -2.05. The molecule has 0 bridgehead atoms. The van der Waals surface area contributed by atoms with Crippen molar-refractivity contribution in [1.82, 2.24) is 0 Å². The Morgan fingerprint density at radius 3 is 1.92 bits per heavy atom. The van der Waals surface area contributed by atoms with Gasteiger partial charge in [-0.3, -0.25) is 9.59 Å². The van der Waals surface area contributed by atoms with Gasteiger partial charge in [-0.2, -0.15) is 0 Å². The maximum Gasteiger partial charge on any atom is 0.346 e. The number of cyclic esters (lactones) is 2. The summed E-state index contributed by atoms with van der Waals surface area (Å²) >= 11 is 0. The summed E-state index contributed by atoms with van der Waals surface area (Å²) in [6.45, 7) is 3.46. The first-order valence-electron chi connectivity index (χ1n) is 7.13. The fourth-order valence-electron chi connectivity index (χ4n) is 2.77. The number of rotatable bonds is 2. The quantitative estimate of drug-likeness (QED) is 0.355. The molecule has 6 nitrogen and oxygen atoms in total. The summed E-state index contributed by atoms with van der Waals surface area (Å²) in [5, 5.41) is 0. The molecule has 122 valence electrons. The Balaban J connectivity index is 1.77. The minimum absolute atomic E-state index is 0.0524. The van der Waals surface area contributed by atoms with Crippen LogP contribution in [-0.4, -0.2) is 27.7 Å². The lowest BCUT2D eigenvalue weighted by Crippen LogP contribution is -2.00. The Labute approximate surface area is 143 Å². The Bertz CT molecular complexity index is 1080.